The second kappa shape index (κ2) is 11.2. The molecule has 0 radical (unpaired) electrons. The fraction of sp³-hybridized carbons (Fsp3) is 0.250. The summed E-state index contributed by atoms with van der Waals surface area (Å²) in [6, 6.07) is 14.9. The Morgan fingerprint density at radius 1 is 1.19 bits per heavy atom. The Morgan fingerprint density at radius 3 is 2.58 bits per heavy atom. The van der Waals surface area contributed by atoms with Crippen LogP contribution in [0.5, 0.6) is 11.5 Å². The van der Waals surface area contributed by atoms with Gasteiger partial charge in [-0.15, -0.1) is 12.4 Å². The largest absolute Gasteiger partial charge is 0.493 e. The van der Waals surface area contributed by atoms with Gasteiger partial charge in [0.25, 0.3) is 5.91 Å². The average molecular weight is 377 g/mol. The molecule has 0 fully saturated rings. The number of halogens is 1. The lowest BCUT2D eigenvalue weighted by molar-refractivity contribution is -0.123. The molecule has 0 bridgehead atoms. The Labute approximate surface area is 160 Å². The Balaban J connectivity index is 0.00000338. The maximum Gasteiger partial charge on any atom is 0.258 e. The fourth-order valence-electron chi connectivity index (χ4n) is 2.34. The molecule has 3 N–H and O–H groups in total. The van der Waals surface area contributed by atoms with Gasteiger partial charge in [-0.05, 0) is 30.2 Å². The number of hydrogen-bond donors (Lipinski definition) is 2. The van der Waals surface area contributed by atoms with Crippen molar-refractivity contribution in [2.24, 2.45) is 5.73 Å². The SMILES string of the molecule is C/C=C/c1ccc(OCC(=O)NCC(N)c2ccccc2)c(OC)c1.Cl. The van der Waals surface area contributed by atoms with Crippen LogP contribution in [0, 0.1) is 0 Å². The van der Waals surface area contributed by atoms with E-state index in [-0.39, 0.29) is 31.0 Å². The van der Waals surface area contributed by atoms with Crippen molar-refractivity contribution >= 4 is 24.4 Å². The highest BCUT2D eigenvalue weighted by molar-refractivity contribution is 5.85. The van der Waals surface area contributed by atoms with Crippen molar-refractivity contribution in [3.63, 3.8) is 0 Å². The van der Waals surface area contributed by atoms with E-state index in [1.807, 2.05) is 61.5 Å². The molecule has 0 spiro atoms. The number of allylic oxidation sites excluding steroid dienone is 1. The predicted molar refractivity (Wildman–Crippen MR) is 107 cm³/mol. The Bertz CT molecular complexity index is 720. The number of benzene rings is 2. The van der Waals surface area contributed by atoms with Crippen LogP contribution in [0.4, 0.5) is 0 Å². The molecule has 26 heavy (non-hydrogen) atoms. The number of amides is 1. The second-order valence-corrected chi connectivity index (χ2v) is 5.52. The maximum absolute atomic E-state index is 12.0. The zero-order valence-corrected chi connectivity index (χ0v) is 15.8. The minimum atomic E-state index is -0.250. The molecule has 5 nitrogen and oxygen atoms in total. The number of hydrogen-bond acceptors (Lipinski definition) is 4. The maximum atomic E-state index is 12.0. The highest BCUT2D eigenvalue weighted by Crippen LogP contribution is 2.28. The first-order chi connectivity index (χ1) is 12.1. The third-order valence-corrected chi connectivity index (χ3v) is 3.65. The topological polar surface area (TPSA) is 73.6 Å². The molecular weight excluding hydrogens is 352 g/mol. The Kier molecular flexibility index (Phi) is 9.26. The fourth-order valence-corrected chi connectivity index (χ4v) is 2.34. The minimum absolute atomic E-state index is 0. The van der Waals surface area contributed by atoms with Gasteiger partial charge >= 0.3 is 0 Å². The Morgan fingerprint density at radius 2 is 1.92 bits per heavy atom. The van der Waals surface area contributed by atoms with Gasteiger partial charge in [0.05, 0.1) is 7.11 Å². The summed E-state index contributed by atoms with van der Waals surface area (Å²) in [5.41, 5.74) is 8.04. The molecule has 1 unspecified atom stereocenters. The molecule has 0 aliphatic rings. The molecule has 1 atom stereocenters. The monoisotopic (exact) mass is 376 g/mol. The van der Waals surface area contributed by atoms with Gasteiger partial charge in [-0.25, -0.2) is 0 Å². The summed E-state index contributed by atoms with van der Waals surface area (Å²) in [5, 5.41) is 2.78. The molecule has 6 heteroatoms. The minimum Gasteiger partial charge on any atom is -0.493 e. The molecule has 0 aliphatic carbocycles. The van der Waals surface area contributed by atoms with Crippen molar-refractivity contribution in [2.75, 3.05) is 20.3 Å². The van der Waals surface area contributed by atoms with Gasteiger partial charge in [-0.2, -0.15) is 0 Å². The number of carbonyl (C=O) groups is 1. The van der Waals surface area contributed by atoms with Crippen LogP contribution in [0.3, 0.4) is 0 Å². The lowest BCUT2D eigenvalue weighted by atomic mass is 10.1. The van der Waals surface area contributed by atoms with Gasteiger partial charge in [0.2, 0.25) is 0 Å². The van der Waals surface area contributed by atoms with Crippen LogP contribution < -0.4 is 20.5 Å². The lowest BCUT2D eigenvalue weighted by Crippen LogP contribution is -2.35. The second-order valence-electron chi connectivity index (χ2n) is 5.52. The zero-order valence-electron chi connectivity index (χ0n) is 15.0. The molecule has 0 saturated carbocycles. The quantitative estimate of drug-likeness (QED) is 0.741. The molecular formula is C20H25ClN2O3. The van der Waals surface area contributed by atoms with E-state index in [1.54, 1.807) is 13.2 Å². The van der Waals surface area contributed by atoms with E-state index in [4.69, 9.17) is 15.2 Å². The first kappa shape index (κ1) is 21.5. The van der Waals surface area contributed by atoms with E-state index in [0.29, 0.717) is 18.0 Å². The summed E-state index contributed by atoms with van der Waals surface area (Å²) in [4.78, 5) is 12.0. The van der Waals surface area contributed by atoms with Crippen LogP contribution in [0.1, 0.15) is 24.1 Å². The number of ether oxygens (including phenoxy) is 2. The third-order valence-electron chi connectivity index (χ3n) is 3.65. The van der Waals surface area contributed by atoms with Crippen molar-refractivity contribution in [1.29, 1.82) is 0 Å². The first-order valence-electron chi connectivity index (χ1n) is 8.14. The summed E-state index contributed by atoms with van der Waals surface area (Å²) >= 11 is 0. The van der Waals surface area contributed by atoms with Crippen molar-refractivity contribution < 1.29 is 14.3 Å². The Hall–Kier alpha value is -2.50. The van der Waals surface area contributed by atoms with Gasteiger partial charge in [-0.3, -0.25) is 4.79 Å². The van der Waals surface area contributed by atoms with Crippen LogP contribution in [0.2, 0.25) is 0 Å². The van der Waals surface area contributed by atoms with E-state index in [1.165, 1.54) is 0 Å². The predicted octanol–water partition coefficient (Wildman–Crippen LogP) is 3.35. The highest BCUT2D eigenvalue weighted by atomic mass is 35.5. The van der Waals surface area contributed by atoms with Crippen molar-refractivity contribution in [3.05, 3.63) is 65.7 Å². The summed E-state index contributed by atoms with van der Waals surface area (Å²) < 4.78 is 10.9. The summed E-state index contributed by atoms with van der Waals surface area (Å²) in [5.74, 6) is 0.883. The number of methoxy groups -OCH3 is 1. The number of nitrogens with two attached hydrogens (primary N) is 1. The molecule has 2 rings (SSSR count). The summed E-state index contributed by atoms with van der Waals surface area (Å²) in [6.45, 7) is 2.20. The van der Waals surface area contributed by atoms with E-state index < -0.39 is 0 Å². The first-order valence-corrected chi connectivity index (χ1v) is 8.14. The van der Waals surface area contributed by atoms with Gasteiger partial charge in [0.15, 0.2) is 18.1 Å². The summed E-state index contributed by atoms with van der Waals surface area (Å²) in [7, 11) is 1.57. The van der Waals surface area contributed by atoms with Crippen LogP contribution in [0.25, 0.3) is 6.08 Å². The lowest BCUT2D eigenvalue weighted by Gasteiger charge is -2.14. The van der Waals surface area contributed by atoms with Gasteiger partial charge in [0, 0.05) is 12.6 Å². The molecule has 1 amide bonds. The van der Waals surface area contributed by atoms with Crippen LogP contribution in [0.15, 0.2) is 54.6 Å². The standard InChI is InChI=1S/C20H24N2O3.ClH/c1-3-7-15-10-11-18(19(12-15)24-2)25-14-20(23)22-13-17(21)16-8-5-4-6-9-16;/h3-12,17H,13-14,21H2,1-2H3,(H,22,23);1H/b7-3+;. The smallest absolute Gasteiger partial charge is 0.258 e. The van der Waals surface area contributed by atoms with E-state index in [0.717, 1.165) is 11.1 Å². The molecule has 0 saturated heterocycles. The molecule has 0 aliphatic heterocycles. The van der Waals surface area contributed by atoms with Crippen molar-refractivity contribution in [1.82, 2.24) is 5.32 Å². The van der Waals surface area contributed by atoms with Crippen LogP contribution in [-0.4, -0.2) is 26.2 Å². The molecule has 140 valence electrons. The van der Waals surface area contributed by atoms with Crippen LogP contribution in [-0.2, 0) is 4.79 Å². The van der Waals surface area contributed by atoms with Crippen molar-refractivity contribution in [3.8, 4) is 11.5 Å². The zero-order chi connectivity index (χ0) is 18.1. The van der Waals surface area contributed by atoms with E-state index >= 15 is 0 Å². The van der Waals surface area contributed by atoms with E-state index in [2.05, 4.69) is 5.32 Å². The van der Waals surface area contributed by atoms with Crippen LogP contribution >= 0.6 is 12.4 Å². The highest BCUT2D eigenvalue weighted by Gasteiger charge is 2.10. The van der Waals surface area contributed by atoms with E-state index in [9.17, 15) is 4.79 Å². The number of rotatable bonds is 8. The number of nitrogens with one attached hydrogen (secondary N) is 1. The molecule has 0 heterocycles. The summed E-state index contributed by atoms with van der Waals surface area (Å²) in [6.07, 6.45) is 3.91. The number of carbonyl (C=O) groups excluding carboxylic acids is 1. The molecule has 0 aromatic heterocycles. The van der Waals surface area contributed by atoms with Crippen molar-refractivity contribution in [2.45, 2.75) is 13.0 Å². The van der Waals surface area contributed by atoms with Gasteiger partial charge in [0.1, 0.15) is 0 Å². The van der Waals surface area contributed by atoms with Gasteiger partial charge < -0.3 is 20.5 Å². The average Bonchev–Trinajstić information content (AvgIpc) is 2.65. The van der Waals surface area contributed by atoms with Gasteiger partial charge in [-0.1, -0.05) is 48.6 Å². The third kappa shape index (κ3) is 6.43. The molecule has 2 aromatic carbocycles. The molecule has 2 aromatic rings. The normalized spacial score (nSPS) is 11.5.